The molecule has 0 radical (unpaired) electrons. The highest BCUT2D eigenvalue weighted by atomic mass is 16.2. The summed E-state index contributed by atoms with van der Waals surface area (Å²) in [5.41, 5.74) is 1.72. The van der Waals surface area contributed by atoms with Crippen LogP contribution < -0.4 is 0 Å². The summed E-state index contributed by atoms with van der Waals surface area (Å²) >= 11 is 0. The Kier molecular flexibility index (Phi) is 7.02. The van der Waals surface area contributed by atoms with E-state index in [1.54, 1.807) is 19.0 Å². The van der Waals surface area contributed by atoms with E-state index in [1.165, 1.54) is 0 Å². The third-order valence-electron chi connectivity index (χ3n) is 5.46. The third-order valence-corrected chi connectivity index (χ3v) is 5.46. The lowest BCUT2D eigenvalue weighted by molar-refractivity contribution is -0.129. The summed E-state index contributed by atoms with van der Waals surface area (Å²) < 4.78 is 2.00. The number of likely N-dealkylation sites (N-methyl/N-ethyl adjacent to an activating group) is 1. The Hall–Kier alpha value is -2.69. The van der Waals surface area contributed by atoms with Crippen molar-refractivity contribution in [3.8, 4) is 6.07 Å². The lowest BCUT2D eigenvalue weighted by Gasteiger charge is -2.22. The SMILES string of the molecule is CN(C)C(=O)CN1CCCN(CC(=O)c2cn(CCC#N)c3ccccc23)CC1. The highest BCUT2D eigenvalue weighted by molar-refractivity contribution is 6.09. The Morgan fingerprint density at radius 1 is 1.07 bits per heavy atom. The van der Waals surface area contributed by atoms with Crippen molar-refractivity contribution in [1.29, 1.82) is 5.26 Å². The molecular weight excluding hydrogens is 366 g/mol. The molecule has 0 bridgehead atoms. The molecule has 1 aliphatic heterocycles. The molecule has 0 atom stereocenters. The fourth-order valence-electron chi connectivity index (χ4n) is 3.79. The molecule has 1 aliphatic rings. The molecule has 0 unspecified atom stereocenters. The van der Waals surface area contributed by atoms with Gasteiger partial charge in [0.15, 0.2) is 5.78 Å². The molecule has 0 spiro atoms. The summed E-state index contributed by atoms with van der Waals surface area (Å²) in [6, 6.07) is 10.0. The van der Waals surface area contributed by atoms with Crippen molar-refractivity contribution in [3.63, 3.8) is 0 Å². The second-order valence-electron chi connectivity index (χ2n) is 7.78. The number of fused-ring (bicyclic) bond motifs is 1. The van der Waals surface area contributed by atoms with E-state index in [9.17, 15) is 9.59 Å². The van der Waals surface area contributed by atoms with Crippen LogP contribution in [0.3, 0.4) is 0 Å². The highest BCUT2D eigenvalue weighted by Gasteiger charge is 2.21. The molecule has 1 saturated heterocycles. The molecule has 29 heavy (non-hydrogen) atoms. The minimum Gasteiger partial charge on any atom is -0.348 e. The molecule has 0 N–H and O–H groups in total. The molecule has 0 saturated carbocycles. The van der Waals surface area contributed by atoms with E-state index in [2.05, 4.69) is 15.9 Å². The fraction of sp³-hybridized carbons (Fsp3) is 0.500. The number of aryl methyl sites for hydroxylation is 1. The van der Waals surface area contributed by atoms with Crippen LogP contribution in [0.15, 0.2) is 30.5 Å². The zero-order valence-electron chi connectivity index (χ0n) is 17.3. The Morgan fingerprint density at radius 2 is 1.76 bits per heavy atom. The number of ketones is 1. The highest BCUT2D eigenvalue weighted by Crippen LogP contribution is 2.22. The van der Waals surface area contributed by atoms with Crippen molar-refractivity contribution < 1.29 is 9.59 Å². The van der Waals surface area contributed by atoms with Crippen LogP contribution >= 0.6 is 0 Å². The van der Waals surface area contributed by atoms with Gasteiger partial charge in [-0.25, -0.2) is 0 Å². The van der Waals surface area contributed by atoms with Crippen molar-refractivity contribution in [1.82, 2.24) is 19.3 Å². The number of hydrogen-bond acceptors (Lipinski definition) is 5. The van der Waals surface area contributed by atoms with Gasteiger partial charge in [0.25, 0.3) is 0 Å². The van der Waals surface area contributed by atoms with Gasteiger partial charge in [0.1, 0.15) is 0 Å². The predicted molar refractivity (Wildman–Crippen MR) is 113 cm³/mol. The average molecular weight is 396 g/mol. The van der Waals surface area contributed by atoms with Crippen LogP contribution in [0.1, 0.15) is 23.2 Å². The Labute approximate surface area is 172 Å². The number of hydrogen-bond donors (Lipinski definition) is 0. The third kappa shape index (κ3) is 5.22. The second kappa shape index (κ2) is 9.68. The summed E-state index contributed by atoms with van der Waals surface area (Å²) in [7, 11) is 3.55. The van der Waals surface area contributed by atoms with Gasteiger partial charge in [-0.3, -0.25) is 19.4 Å². The number of nitrogens with zero attached hydrogens (tertiary/aromatic N) is 5. The lowest BCUT2D eigenvalue weighted by atomic mass is 10.1. The van der Waals surface area contributed by atoms with Crippen molar-refractivity contribution in [3.05, 3.63) is 36.0 Å². The van der Waals surface area contributed by atoms with Gasteiger partial charge in [-0.05, 0) is 25.6 Å². The first-order valence-electron chi connectivity index (χ1n) is 10.1. The van der Waals surface area contributed by atoms with Crippen LogP contribution in [-0.4, -0.2) is 84.3 Å². The van der Waals surface area contributed by atoms with Crippen LogP contribution in [0.5, 0.6) is 0 Å². The van der Waals surface area contributed by atoms with Crippen molar-refractivity contribution >= 4 is 22.6 Å². The van der Waals surface area contributed by atoms with Gasteiger partial charge >= 0.3 is 0 Å². The Morgan fingerprint density at radius 3 is 2.45 bits per heavy atom. The predicted octanol–water partition coefficient (Wildman–Crippen LogP) is 1.83. The maximum Gasteiger partial charge on any atom is 0.236 e. The molecule has 2 aromatic rings. The van der Waals surface area contributed by atoms with Gasteiger partial charge < -0.3 is 9.47 Å². The maximum atomic E-state index is 13.1. The van der Waals surface area contributed by atoms with E-state index in [-0.39, 0.29) is 11.7 Å². The minimum absolute atomic E-state index is 0.106. The van der Waals surface area contributed by atoms with Crippen LogP contribution in [-0.2, 0) is 11.3 Å². The smallest absolute Gasteiger partial charge is 0.236 e. The van der Waals surface area contributed by atoms with Gasteiger partial charge in [-0.15, -0.1) is 0 Å². The van der Waals surface area contributed by atoms with Gasteiger partial charge in [0.2, 0.25) is 5.91 Å². The number of benzene rings is 1. The standard InChI is InChI=1S/C22H29N5O2/c1-24(2)22(29)17-26-11-6-10-25(13-14-26)16-21(28)19-15-27(12-5-9-23)20-8-4-3-7-18(19)20/h3-4,7-8,15H,5-6,10-14,16-17H2,1-2H3. The Bertz CT molecular complexity index is 912. The van der Waals surface area contributed by atoms with E-state index < -0.39 is 0 Å². The van der Waals surface area contributed by atoms with Gasteiger partial charge in [-0.1, -0.05) is 18.2 Å². The quantitative estimate of drug-likeness (QED) is 0.669. The molecule has 1 aromatic carbocycles. The molecule has 1 amide bonds. The lowest BCUT2D eigenvalue weighted by Crippen LogP contribution is -2.39. The first kappa shape index (κ1) is 21.0. The summed E-state index contributed by atoms with van der Waals surface area (Å²) in [6.45, 7) is 4.69. The fourth-order valence-corrected chi connectivity index (χ4v) is 3.79. The average Bonchev–Trinajstić information content (AvgIpc) is 2.94. The molecule has 7 heteroatoms. The number of carbonyl (C=O) groups excluding carboxylic acids is 2. The number of aromatic nitrogens is 1. The number of Topliss-reactive ketones (excluding diaryl/α,β-unsaturated/α-hetero) is 1. The van der Waals surface area contributed by atoms with Crippen molar-refractivity contribution in [2.75, 3.05) is 53.4 Å². The summed E-state index contributed by atoms with van der Waals surface area (Å²) in [4.78, 5) is 31.0. The van der Waals surface area contributed by atoms with E-state index in [0.717, 1.165) is 49.1 Å². The molecule has 2 heterocycles. The number of nitriles is 1. The molecule has 1 fully saturated rings. The summed E-state index contributed by atoms with van der Waals surface area (Å²) in [6.07, 6.45) is 3.25. The van der Waals surface area contributed by atoms with Gasteiger partial charge in [0.05, 0.1) is 25.6 Å². The Balaban J connectivity index is 1.66. The first-order valence-corrected chi connectivity index (χ1v) is 10.1. The van der Waals surface area contributed by atoms with E-state index >= 15 is 0 Å². The molecule has 1 aromatic heterocycles. The monoisotopic (exact) mass is 395 g/mol. The number of amides is 1. The molecule has 3 rings (SSSR count). The van der Waals surface area contributed by atoms with E-state index in [4.69, 9.17) is 5.26 Å². The van der Waals surface area contributed by atoms with Crippen molar-refractivity contribution in [2.24, 2.45) is 0 Å². The molecule has 0 aliphatic carbocycles. The van der Waals surface area contributed by atoms with Crippen LogP contribution in [0.4, 0.5) is 0 Å². The zero-order chi connectivity index (χ0) is 20.8. The van der Waals surface area contributed by atoms with E-state index in [1.807, 2.05) is 35.0 Å². The van der Waals surface area contributed by atoms with Gasteiger partial charge in [-0.2, -0.15) is 5.26 Å². The summed E-state index contributed by atoms with van der Waals surface area (Å²) in [5, 5.41) is 9.85. The van der Waals surface area contributed by atoms with Crippen LogP contribution in [0.2, 0.25) is 0 Å². The van der Waals surface area contributed by atoms with Gasteiger partial charge in [0, 0.05) is 56.4 Å². The van der Waals surface area contributed by atoms with E-state index in [0.29, 0.717) is 26.1 Å². The second-order valence-corrected chi connectivity index (χ2v) is 7.78. The van der Waals surface area contributed by atoms with Crippen LogP contribution in [0.25, 0.3) is 10.9 Å². The number of para-hydroxylation sites is 1. The zero-order valence-corrected chi connectivity index (χ0v) is 17.3. The van der Waals surface area contributed by atoms with Crippen LogP contribution in [0, 0.1) is 11.3 Å². The number of rotatable bonds is 7. The largest absolute Gasteiger partial charge is 0.348 e. The topological polar surface area (TPSA) is 72.6 Å². The normalized spacial score (nSPS) is 15.8. The number of carbonyl (C=O) groups is 2. The molecular formula is C22H29N5O2. The first-order chi connectivity index (χ1) is 14.0. The molecule has 7 nitrogen and oxygen atoms in total. The minimum atomic E-state index is 0.106. The maximum absolute atomic E-state index is 13.1. The molecule has 154 valence electrons. The summed E-state index contributed by atoms with van der Waals surface area (Å²) in [5.74, 6) is 0.217. The van der Waals surface area contributed by atoms with Crippen molar-refractivity contribution in [2.45, 2.75) is 19.4 Å².